The molecule has 1 saturated heterocycles. The van der Waals surface area contributed by atoms with Crippen molar-refractivity contribution in [1.29, 1.82) is 0 Å². The van der Waals surface area contributed by atoms with Crippen LogP contribution < -0.4 is 5.32 Å². The Balaban J connectivity index is 1.50. The average molecular weight is 386 g/mol. The summed E-state index contributed by atoms with van der Waals surface area (Å²) < 4.78 is 0. The lowest BCUT2D eigenvalue weighted by Crippen LogP contribution is -2.43. The Morgan fingerprint density at radius 2 is 1.62 bits per heavy atom. The van der Waals surface area contributed by atoms with E-state index in [0.717, 1.165) is 25.9 Å². The number of hydrogen-bond acceptors (Lipinski definition) is 4. The summed E-state index contributed by atoms with van der Waals surface area (Å²) in [6.07, 6.45) is 1.24. The number of benzene rings is 3. The van der Waals surface area contributed by atoms with Crippen molar-refractivity contribution >= 4 is 11.5 Å². The van der Waals surface area contributed by atoms with Gasteiger partial charge in [-0.2, -0.15) is 0 Å². The second-order valence-corrected chi connectivity index (χ2v) is 7.50. The zero-order valence-corrected chi connectivity index (χ0v) is 16.4. The van der Waals surface area contributed by atoms with Gasteiger partial charge in [0.15, 0.2) is 5.78 Å². The maximum absolute atomic E-state index is 12.9. The third-order valence-electron chi connectivity index (χ3n) is 5.52. The highest BCUT2D eigenvalue weighted by atomic mass is 16.3. The van der Waals surface area contributed by atoms with E-state index in [0.29, 0.717) is 16.8 Å². The van der Waals surface area contributed by atoms with E-state index in [-0.39, 0.29) is 11.8 Å². The van der Waals surface area contributed by atoms with Gasteiger partial charge in [-0.3, -0.25) is 9.69 Å². The second-order valence-electron chi connectivity index (χ2n) is 7.50. The zero-order chi connectivity index (χ0) is 20.1. The maximum atomic E-state index is 12.9. The van der Waals surface area contributed by atoms with Gasteiger partial charge >= 0.3 is 0 Å². The van der Waals surface area contributed by atoms with Gasteiger partial charge in [-0.25, -0.2) is 0 Å². The van der Waals surface area contributed by atoms with Gasteiger partial charge in [-0.1, -0.05) is 72.8 Å². The summed E-state index contributed by atoms with van der Waals surface area (Å²) in [7, 11) is 0. The molecule has 1 aliphatic rings. The van der Waals surface area contributed by atoms with Crippen molar-refractivity contribution in [2.45, 2.75) is 31.7 Å². The van der Waals surface area contributed by atoms with Gasteiger partial charge in [0, 0.05) is 23.4 Å². The lowest BCUT2D eigenvalue weighted by atomic mass is 10.0. The molecule has 2 atom stereocenters. The lowest BCUT2D eigenvalue weighted by molar-refractivity contribution is 0.0889. The van der Waals surface area contributed by atoms with E-state index in [4.69, 9.17) is 0 Å². The average Bonchev–Trinajstić information content (AvgIpc) is 3.23. The van der Waals surface area contributed by atoms with Crippen LogP contribution in [0.3, 0.4) is 0 Å². The van der Waals surface area contributed by atoms with E-state index >= 15 is 0 Å². The van der Waals surface area contributed by atoms with Crippen LogP contribution in [0.2, 0.25) is 0 Å². The number of nitrogens with one attached hydrogen (secondary N) is 1. The minimum absolute atomic E-state index is 0.00934. The minimum atomic E-state index is -0.745. The largest absolute Gasteiger partial charge is 0.372 e. The highest BCUT2D eigenvalue weighted by Crippen LogP contribution is 2.26. The van der Waals surface area contributed by atoms with Gasteiger partial charge < -0.3 is 10.4 Å². The number of carbonyl (C=O) groups excluding carboxylic acids is 1. The Labute approximate surface area is 171 Å². The molecular weight excluding hydrogens is 360 g/mol. The van der Waals surface area contributed by atoms with Crippen molar-refractivity contribution in [2.75, 3.05) is 11.9 Å². The van der Waals surface area contributed by atoms with Gasteiger partial charge in [0.25, 0.3) is 0 Å². The molecule has 148 valence electrons. The number of anilines is 1. The van der Waals surface area contributed by atoms with Crippen molar-refractivity contribution in [1.82, 2.24) is 4.90 Å². The van der Waals surface area contributed by atoms with Crippen LogP contribution in [0.1, 0.15) is 34.3 Å². The summed E-state index contributed by atoms with van der Waals surface area (Å²) >= 11 is 0. The van der Waals surface area contributed by atoms with Crippen molar-refractivity contribution in [2.24, 2.45) is 0 Å². The highest BCUT2D eigenvalue weighted by Gasteiger charge is 2.31. The van der Waals surface area contributed by atoms with Gasteiger partial charge in [0.05, 0.1) is 6.04 Å². The van der Waals surface area contributed by atoms with Crippen LogP contribution in [0.4, 0.5) is 5.69 Å². The number of carbonyl (C=O) groups is 1. The molecule has 0 aliphatic carbocycles. The fourth-order valence-electron chi connectivity index (χ4n) is 4.03. The normalized spacial score (nSPS) is 17.8. The summed E-state index contributed by atoms with van der Waals surface area (Å²) in [5.41, 5.74) is 3.12. The van der Waals surface area contributed by atoms with Gasteiger partial charge in [-0.05, 0) is 37.1 Å². The van der Waals surface area contributed by atoms with Crippen molar-refractivity contribution in [3.63, 3.8) is 0 Å². The van der Waals surface area contributed by atoms with Crippen molar-refractivity contribution < 1.29 is 9.90 Å². The molecule has 0 saturated carbocycles. The zero-order valence-electron chi connectivity index (χ0n) is 16.4. The number of rotatable bonds is 7. The topological polar surface area (TPSA) is 52.6 Å². The van der Waals surface area contributed by atoms with E-state index < -0.39 is 6.23 Å². The first kappa shape index (κ1) is 19.4. The Hall–Kier alpha value is -2.95. The molecule has 1 aliphatic heterocycles. The molecular formula is C25H26N2O2. The third kappa shape index (κ3) is 4.56. The monoisotopic (exact) mass is 386 g/mol. The Morgan fingerprint density at radius 3 is 2.38 bits per heavy atom. The fourth-order valence-corrected chi connectivity index (χ4v) is 4.03. The fraction of sp³-hybridized carbons (Fsp3) is 0.240. The summed E-state index contributed by atoms with van der Waals surface area (Å²) in [4.78, 5) is 15.3. The molecule has 0 bridgehead atoms. The molecule has 4 heteroatoms. The number of nitrogens with zero attached hydrogens (tertiary/aromatic N) is 1. The van der Waals surface area contributed by atoms with Crippen LogP contribution in [0.5, 0.6) is 0 Å². The Morgan fingerprint density at radius 1 is 0.966 bits per heavy atom. The first-order valence-electron chi connectivity index (χ1n) is 10.1. The molecule has 1 fully saturated rings. The minimum Gasteiger partial charge on any atom is -0.372 e. The summed E-state index contributed by atoms with van der Waals surface area (Å²) in [5.74, 6) is -0.0477. The number of aliphatic hydroxyl groups is 1. The number of aliphatic hydroxyl groups excluding tert-OH is 1. The Bertz CT molecular complexity index is 943. The van der Waals surface area contributed by atoms with Crippen molar-refractivity contribution in [3.8, 4) is 0 Å². The first-order valence-corrected chi connectivity index (χ1v) is 10.1. The SMILES string of the molecule is O=C(c1ccccc1)c1ccccc1NC(O)[C@H]1CCCN1Cc1ccccc1. The first-order chi connectivity index (χ1) is 14.2. The van der Waals surface area contributed by atoms with Crippen LogP contribution in [-0.4, -0.2) is 34.6 Å². The molecule has 3 aromatic rings. The standard InChI is InChI=1S/C25H26N2O2/c28-24(20-12-5-2-6-13-20)21-14-7-8-15-22(21)26-25(29)23-16-9-17-27(23)18-19-10-3-1-4-11-19/h1-8,10-15,23,25-26,29H,9,16-18H2/t23-,25?/m1/s1. The molecule has 4 rings (SSSR count). The predicted octanol–water partition coefficient (Wildman–Crippen LogP) is 4.31. The summed E-state index contributed by atoms with van der Waals surface area (Å²) in [6, 6.07) is 27.0. The molecule has 1 heterocycles. The van der Waals surface area contributed by atoms with Gasteiger partial charge in [0.2, 0.25) is 0 Å². The molecule has 2 N–H and O–H groups in total. The number of hydrogen-bond donors (Lipinski definition) is 2. The number of para-hydroxylation sites is 1. The van der Waals surface area contributed by atoms with E-state index in [9.17, 15) is 9.90 Å². The quantitative estimate of drug-likeness (QED) is 0.469. The summed E-state index contributed by atoms with van der Waals surface area (Å²) in [5, 5.41) is 14.2. The van der Waals surface area contributed by atoms with Crippen LogP contribution in [0, 0.1) is 0 Å². The Kier molecular flexibility index (Phi) is 6.03. The third-order valence-corrected chi connectivity index (χ3v) is 5.52. The summed E-state index contributed by atoms with van der Waals surface area (Å²) in [6.45, 7) is 1.78. The lowest BCUT2D eigenvalue weighted by Gasteiger charge is -2.30. The molecule has 0 spiro atoms. The van der Waals surface area contributed by atoms with E-state index in [1.165, 1.54) is 5.56 Å². The van der Waals surface area contributed by atoms with E-state index in [2.05, 4.69) is 22.3 Å². The predicted molar refractivity (Wildman–Crippen MR) is 116 cm³/mol. The molecule has 0 aromatic heterocycles. The molecule has 0 amide bonds. The van der Waals surface area contributed by atoms with Crippen LogP contribution in [0.25, 0.3) is 0 Å². The van der Waals surface area contributed by atoms with E-state index in [1.54, 1.807) is 6.07 Å². The van der Waals surface area contributed by atoms with Crippen LogP contribution >= 0.6 is 0 Å². The molecule has 29 heavy (non-hydrogen) atoms. The van der Waals surface area contributed by atoms with Gasteiger partial charge in [0.1, 0.15) is 6.23 Å². The highest BCUT2D eigenvalue weighted by molar-refractivity contribution is 6.12. The van der Waals surface area contributed by atoms with Crippen LogP contribution in [0.15, 0.2) is 84.9 Å². The molecule has 0 radical (unpaired) electrons. The number of likely N-dealkylation sites (tertiary alicyclic amines) is 1. The molecule has 1 unspecified atom stereocenters. The van der Waals surface area contributed by atoms with Crippen LogP contribution in [-0.2, 0) is 6.54 Å². The van der Waals surface area contributed by atoms with Gasteiger partial charge in [-0.15, -0.1) is 0 Å². The smallest absolute Gasteiger partial charge is 0.195 e. The molecule has 4 nitrogen and oxygen atoms in total. The second kappa shape index (κ2) is 9.03. The van der Waals surface area contributed by atoms with Crippen molar-refractivity contribution in [3.05, 3.63) is 102 Å². The maximum Gasteiger partial charge on any atom is 0.195 e. The number of ketones is 1. The molecule has 3 aromatic carbocycles. The van der Waals surface area contributed by atoms with E-state index in [1.807, 2.05) is 66.7 Å².